The molecule has 0 aliphatic rings. The summed E-state index contributed by atoms with van der Waals surface area (Å²) in [7, 11) is 0. The SMILES string of the molecule is CCOC(=O)COc1ccc(SCc2cccc3sc(-c4ccc(C(F)(F)F)cc4)nc23)cc1C(C)=O. The molecule has 3 aromatic carbocycles. The van der Waals surface area contributed by atoms with Gasteiger partial charge in [-0.3, -0.25) is 4.79 Å². The number of carbonyl (C=O) groups is 2. The van der Waals surface area contributed by atoms with E-state index in [1.54, 1.807) is 19.1 Å². The molecule has 1 aromatic heterocycles. The number of fused-ring (bicyclic) bond motifs is 1. The maximum atomic E-state index is 12.9. The van der Waals surface area contributed by atoms with Crippen molar-refractivity contribution in [3.8, 4) is 16.3 Å². The fourth-order valence-electron chi connectivity index (χ4n) is 3.55. The number of carbonyl (C=O) groups excluding carboxylic acids is 2. The summed E-state index contributed by atoms with van der Waals surface area (Å²) in [5.41, 5.74) is 2.04. The molecule has 192 valence electrons. The Bertz CT molecular complexity index is 1430. The molecule has 10 heteroatoms. The van der Waals surface area contributed by atoms with E-state index in [1.165, 1.54) is 42.2 Å². The van der Waals surface area contributed by atoms with E-state index in [0.717, 1.165) is 32.8 Å². The van der Waals surface area contributed by atoms with Gasteiger partial charge in [0.2, 0.25) is 0 Å². The molecule has 37 heavy (non-hydrogen) atoms. The predicted molar refractivity (Wildman–Crippen MR) is 138 cm³/mol. The second-order valence-electron chi connectivity index (χ2n) is 7.95. The number of thiazole rings is 1. The summed E-state index contributed by atoms with van der Waals surface area (Å²) >= 11 is 2.93. The largest absolute Gasteiger partial charge is 0.481 e. The molecule has 0 aliphatic carbocycles. The lowest BCUT2D eigenvalue weighted by Crippen LogP contribution is -2.15. The van der Waals surface area contributed by atoms with Gasteiger partial charge in [0.15, 0.2) is 12.4 Å². The maximum absolute atomic E-state index is 12.9. The Balaban J connectivity index is 1.52. The molecule has 5 nitrogen and oxygen atoms in total. The summed E-state index contributed by atoms with van der Waals surface area (Å²) in [6.07, 6.45) is -4.38. The zero-order valence-corrected chi connectivity index (χ0v) is 21.6. The van der Waals surface area contributed by atoms with Crippen molar-refractivity contribution in [2.24, 2.45) is 0 Å². The molecule has 0 amide bonds. The number of thioether (sulfide) groups is 1. The number of alkyl halides is 3. The summed E-state index contributed by atoms with van der Waals surface area (Å²) in [6, 6.07) is 16.0. The summed E-state index contributed by atoms with van der Waals surface area (Å²) in [4.78, 5) is 29.3. The van der Waals surface area contributed by atoms with E-state index < -0.39 is 17.7 Å². The molecular formula is C27H22F3NO4S2. The molecule has 0 bridgehead atoms. The first kappa shape index (κ1) is 26.7. The van der Waals surface area contributed by atoms with E-state index in [-0.39, 0.29) is 19.0 Å². The van der Waals surface area contributed by atoms with Crippen LogP contribution in [-0.4, -0.2) is 30.0 Å². The van der Waals surface area contributed by atoms with Crippen LogP contribution in [0.3, 0.4) is 0 Å². The van der Waals surface area contributed by atoms with Gasteiger partial charge in [0.25, 0.3) is 0 Å². The van der Waals surface area contributed by atoms with E-state index in [4.69, 9.17) is 14.5 Å². The highest BCUT2D eigenvalue weighted by atomic mass is 32.2. The molecular weight excluding hydrogens is 523 g/mol. The molecule has 4 rings (SSSR count). The fourth-order valence-corrected chi connectivity index (χ4v) is 5.49. The van der Waals surface area contributed by atoms with E-state index >= 15 is 0 Å². The van der Waals surface area contributed by atoms with Gasteiger partial charge in [0.1, 0.15) is 10.8 Å². The summed E-state index contributed by atoms with van der Waals surface area (Å²) in [5.74, 6) is 0.174. The lowest BCUT2D eigenvalue weighted by molar-refractivity contribution is -0.145. The number of hydrogen-bond donors (Lipinski definition) is 0. The summed E-state index contributed by atoms with van der Waals surface area (Å²) in [5, 5.41) is 0.642. The van der Waals surface area contributed by atoms with Gasteiger partial charge in [-0.2, -0.15) is 13.2 Å². The van der Waals surface area contributed by atoms with Gasteiger partial charge in [-0.1, -0.05) is 24.3 Å². The van der Waals surface area contributed by atoms with Gasteiger partial charge in [0, 0.05) is 16.2 Å². The zero-order valence-electron chi connectivity index (χ0n) is 19.9. The highest BCUT2D eigenvalue weighted by Crippen LogP contribution is 2.36. The van der Waals surface area contributed by atoms with Gasteiger partial charge < -0.3 is 9.47 Å². The molecule has 0 aliphatic heterocycles. The number of nitrogens with zero attached hydrogens (tertiary/aromatic N) is 1. The highest BCUT2D eigenvalue weighted by molar-refractivity contribution is 7.98. The van der Waals surface area contributed by atoms with Crippen LogP contribution in [0.2, 0.25) is 0 Å². The highest BCUT2D eigenvalue weighted by Gasteiger charge is 2.30. The molecule has 0 atom stereocenters. The van der Waals surface area contributed by atoms with Crippen molar-refractivity contribution >= 4 is 45.1 Å². The first-order valence-corrected chi connectivity index (χ1v) is 13.1. The average Bonchev–Trinajstić information content (AvgIpc) is 3.31. The van der Waals surface area contributed by atoms with Crippen molar-refractivity contribution < 1.29 is 32.2 Å². The minimum absolute atomic E-state index is 0.191. The van der Waals surface area contributed by atoms with Gasteiger partial charge >= 0.3 is 12.1 Å². The minimum Gasteiger partial charge on any atom is -0.481 e. The summed E-state index contributed by atoms with van der Waals surface area (Å²) in [6.45, 7) is 3.09. The Morgan fingerprint density at radius 2 is 1.81 bits per heavy atom. The van der Waals surface area contributed by atoms with Crippen molar-refractivity contribution in [2.75, 3.05) is 13.2 Å². The number of benzene rings is 3. The lowest BCUT2D eigenvalue weighted by Gasteiger charge is -2.11. The van der Waals surface area contributed by atoms with Crippen LogP contribution in [0, 0.1) is 0 Å². The quantitative estimate of drug-likeness (QED) is 0.124. The third-order valence-corrected chi connectivity index (χ3v) is 7.45. The number of hydrogen-bond acceptors (Lipinski definition) is 7. The molecule has 0 saturated carbocycles. The molecule has 0 spiro atoms. The van der Waals surface area contributed by atoms with Crippen LogP contribution in [0.25, 0.3) is 20.8 Å². The standard InChI is InChI=1S/C27H22F3NO4S2/c1-3-34-24(33)14-35-22-12-11-20(13-21(22)16(2)32)36-15-18-5-4-6-23-25(18)31-26(37-23)17-7-9-19(10-8-17)27(28,29)30/h4-13H,3,14-15H2,1-2H3. The topological polar surface area (TPSA) is 65.5 Å². The number of rotatable bonds is 9. The Morgan fingerprint density at radius 3 is 2.49 bits per heavy atom. The summed E-state index contributed by atoms with van der Waals surface area (Å²) < 4.78 is 50.0. The van der Waals surface area contributed by atoms with E-state index in [0.29, 0.717) is 27.6 Å². The van der Waals surface area contributed by atoms with Gasteiger partial charge in [-0.25, -0.2) is 9.78 Å². The van der Waals surface area contributed by atoms with Gasteiger partial charge in [0.05, 0.1) is 28.0 Å². The van der Waals surface area contributed by atoms with Crippen LogP contribution < -0.4 is 4.74 Å². The minimum atomic E-state index is -4.38. The van der Waals surface area contributed by atoms with Crippen LogP contribution in [0.4, 0.5) is 13.2 Å². The first-order valence-electron chi connectivity index (χ1n) is 11.3. The number of Topliss-reactive ketones (excluding diaryl/α,β-unsaturated/α-hetero) is 1. The predicted octanol–water partition coefficient (Wildman–Crippen LogP) is 7.42. The Kier molecular flexibility index (Phi) is 8.19. The van der Waals surface area contributed by atoms with Crippen molar-refractivity contribution in [1.82, 2.24) is 4.98 Å². The lowest BCUT2D eigenvalue weighted by atomic mass is 10.1. The molecule has 4 aromatic rings. The molecule has 0 unspecified atom stereocenters. The molecule has 0 radical (unpaired) electrons. The molecule has 1 heterocycles. The third-order valence-electron chi connectivity index (χ3n) is 5.34. The molecule has 0 saturated heterocycles. The zero-order chi connectivity index (χ0) is 26.6. The van der Waals surface area contributed by atoms with Gasteiger partial charge in [-0.15, -0.1) is 23.1 Å². The Morgan fingerprint density at radius 1 is 1.05 bits per heavy atom. The molecule has 0 N–H and O–H groups in total. The normalized spacial score (nSPS) is 11.5. The van der Waals surface area contributed by atoms with E-state index in [2.05, 4.69) is 0 Å². The number of halogens is 3. The number of ketones is 1. The van der Waals surface area contributed by atoms with Gasteiger partial charge in [-0.05, 0) is 55.8 Å². The number of ether oxygens (including phenoxy) is 2. The van der Waals surface area contributed by atoms with Crippen LogP contribution in [0.5, 0.6) is 5.75 Å². The maximum Gasteiger partial charge on any atom is 0.416 e. The monoisotopic (exact) mass is 545 g/mol. The molecule has 0 fully saturated rings. The second-order valence-corrected chi connectivity index (χ2v) is 10.0. The van der Waals surface area contributed by atoms with Crippen molar-refractivity contribution in [3.63, 3.8) is 0 Å². The van der Waals surface area contributed by atoms with Crippen molar-refractivity contribution in [2.45, 2.75) is 30.7 Å². The Labute approximate surface area is 219 Å². The van der Waals surface area contributed by atoms with Crippen molar-refractivity contribution in [3.05, 3.63) is 77.4 Å². The van der Waals surface area contributed by atoms with Crippen molar-refractivity contribution in [1.29, 1.82) is 0 Å². The third kappa shape index (κ3) is 6.50. The van der Waals surface area contributed by atoms with Crippen LogP contribution >= 0.6 is 23.1 Å². The van der Waals surface area contributed by atoms with E-state index in [9.17, 15) is 22.8 Å². The fraction of sp³-hybridized carbons (Fsp3) is 0.222. The number of esters is 1. The number of aromatic nitrogens is 1. The first-order chi connectivity index (χ1) is 17.7. The van der Waals surface area contributed by atoms with E-state index in [1.807, 2.05) is 24.3 Å². The Hall–Kier alpha value is -3.37. The average molecular weight is 546 g/mol. The van der Waals surface area contributed by atoms with Crippen LogP contribution in [-0.2, 0) is 21.5 Å². The number of para-hydroxylation sites is 1. The van der Waals surface area contributed by atoms with Crippen LogP contribution in [0.1, 0.15) is 35.3 Å². The second kappa shape index (κ2) is 11.4. The van der Waals surface area contributed by atoms with Crippen LogP contribution in [0.15, 0.2) is 65.6 Å². The smallest absolute Gasteiger partial charge is 0.416 e.